The molecule has 0 amide bonds. The number of methoxy groups -OCH3 is 1. The van der Waals surface area contributed by atoms with Crippen LogP contribution in [0.3, 0.4) is 0 Å². The van der Waals surface area contributed by atoms with E-state index in [1.165, 1.54) is 12.3 Å². The average Bonchev–Trinajstić information content (AvgIpc) is 2.92. The van der Waals surface area contributed by atoms with Crippen molar-refractivity contribution in [3.63, 3.8) is 0 Å². The van der Waals surface area contributed by atoms with Gasteiger partial charge in [0.25, 0.3) is 5.88 Å². The largest absolute Gasteiger partial charge is 0.444 e. The van der Waals surface area contributed by atoms with E-state index >= 15 is 0 Å². The summed E-state index contributed by atoms with van der Waals surface area (Å²) in [7, 11) is 1.56. The van der Waals surface area contributed by atoms with Gasteiger partial charge in [0, 0.05) is 30.6 Å². The van der Waals surface area contributed by atoms with Crippen LogP contribution in [0.4, 0.5) is 8.78 Å². The molecule has 3 rings (SSSR count). The Balaban J connectivity index is 2.02. The Morgan fingerprint density at radius 1 is 1.23 bits per heavy atom. The third kappa shape index (κ3) is 2.60. The Morgan fingerprint density at radius 2 is 2.09 bits per heavy atom. The van der Waals surface area contributed by atoms with Gasteiger partial charge in [-0.25, -0.2) is 13.8 Å². The summed E-state index contributed by atoms with van der Waals surface area (Å²) in [5.74, 6) is -0.460. The minimum atomic E-state index is -1.13. The van der Waals surface area contributed by atoms with Crippen LogP contribution in [0.25, 0.3) is 16.8 Å². The fraction of sp³-hybridized carbons (Fsp3) is 0.214. The van der Waals surface area contributed by atoms with Crippen molar-refractivity contribution in [2.75, 3.05) is 14.0 Å². The van der Waals surface area contributed by atoms with Crippen LogP contribution < -0.4 is 4.74 Å². The molecule has 0 aliphatic rings. The molecule has 0 bridgehead atoms. The standard InChI is InChI=1S/C14H12F2N4O2/c1-21-7-13-19-18-12-3-2-9(6-20(12)13)10-4-11(16)14(17-5-10)22-8-15/h2-6H,7-8H2,1H3. The van der Waals surface area contributed by atoms with E-state index in [0.717, 1.165) is 0 Å². The number of alkyl halides is 1. The van der Waals surface area contributed by atoms with Gasteiger partial charge >= 0.3 is 0 Å². The van der Waals surface area contributed by atoms with E-state index in [9.17, 15) is 8.78 Å². The van der Waals surface area contributed by atoms with Crippen molar-refractivity contribution in [3.05, 3.63) is 42.2 Å². The van der Waals surface area contributed by atoms with Gasteiger partial charge in [0.1, 0.15) is 6.61 Å². The van der Waals surface area contributed by atoms with Gasteiger partial charge in [-0.05, 0) is 18.2 Å². The first kappa shape index (κ1) is 14.3. The van der Waals surface area contributed by atoms with Gasteiger partial charge in [0.15, 0.2) is 17.3 Å². The van der Waals surface area contributed by atoms with Crippen LogP contribution in [-0.2, 0) is 11.3 Å². The molecule has 0 spiro atoms. The van der Waals surface area contributed by atoms with E-state index in [2.05, 4.69) is 19.9 Å². The maximum absolute atomic E-state index is 13.8. The zero-order valence-corrected chi connectivity index (χ0v) is 11.7. The van der Waals surface area contributed by atoms with Gasteiger partial charge in [-0.3, -0.25) is 4.40 Å². The highest BCUT2D eigenvalue weighted by atomic mass is 19.1. The lowest BCUT2D eigenvalue weighted by molar-refractivity contribution is 0.177. The molecule has 0 radical (unpaired) electrons. The Labute approximate surface area is 124 Å². The molecule has 22 heavy (non-hydrogen) atoms. The van der Waals surface area contributed by atoms with E-state index < -0.39 is 12.7 Å². The van der Waals surface area contributed by atoms with Crippen molar-refractivity contribution in [2.45, 2.75) is 6.61 Å². The lowest BCUT2D eigenvalue weighted by Gasteiger charge is -2.06. The number of ether oxygens (including phenoxy) is 2. The molecule has 0 N–H and O–H groups in total. The van der Waals surface area contributed by atoms with Crippen LogP contribution >= 0.6 is 0 Å². The highest BCUT2D eigenvalue weighted by molar-refractivity contribution is 5.64. The zero-order chi connectivity index (χ0) is 15.5. The second kappa shape index (κ2) is 6.02. The molecule has 6 nitrogen and oxygen atoms in total. The van der Waals surface area contributed by atoms with Crippen LogP contribution in [0.5, 0.6) is 5.88 Å². The minimum absolute atomic E-state index is 0.306. The molecule has 0 aliphatic carbocycles. The average molecular weight is 306 g/mol. The monoisotopic (exact) mass is 306 g/mol. The summed E-state index contributed by atoms with van der Waals surface area (Å²) in [5.41, 5.74) is 1.90. The predicted molar refractivity (Wildman–Crippen MR) is 73.5 cm³/mol. The van der Waals surface area contributed by atoms with Gasteiger partial charge in [-0.2, -0.15) is 0 Å². The van der Waals surface area contributed by atoms with Crippen LogP contribution in [-0.4, -0.2) is 33.6 Å². The van der Waals surface area contributed by atoms with E-state index in [0.29, 0.717) is 29.2 Å². The summed E-state index contributed by atoms with van der Waals surface area (Å²) in [6.07, 6.45) is 3.17. The first-order valence-electron chi connectivity index (χ1n) is 6.40. The quantitative estimate of drug-likeness (QED) is 0.724. The third-order valence-electron chi connectivity index (χ3n) is 3.08. The number of pyridine rings is 2. The second-order valence-corrected chi connectivity index (χ2v) is 4.46. The zero-order valence-electron chi connectivity index (χ0n) is 11.7. The van der Waals surface area contributed by atoms with Crippen LogP contribution in [0, 0.1) is 5.82 Å². The fourth-order valence-electron chi connectivity index (χ4n) is 2.08. The lowest BCUT2D eigenvalue weighted by atomic mass is 10.1. The van der Waals surface area contributed by atoms with Crippen LogP contribution in [0.1, 0.15) is 5.82 Å². The molecule has 3 aromatic rings. The van der Waals surface area contributed by atoms with Crippen LogP contribution in [0.2, 0.25) is 0 Å². The molecule has 0 fully saturated rings. The normalized spacial score (nSPS) is 11.0. The summed E-state index contributed by atoms with van der Waals surface area (Å²) in [5, 5.41) is 8.02. The van der Waals surface area contributed by atoms with Gasteiger partial charge < -0.3 is 9.47 Å². The summed E-state index contributed by atoms with van der Waals surface area (Å²) >= 11 is 0. The lowest BCUT2D eigenvalue weighted by Crippen LogP contribution is -1.98. The van der Waals surface area contributed by atoms with Crippen molar-refractivity contribution in [2.24, 2.45) is 0 Å². The highest BCUT2D eigenvalue weighted by Crippen LogP contribution is 2.24. The molecule has 3 heterocycles. The maximum Gasteiger partial charge on any atom is 0.252 e. The molecule has 3 aromatic heterocycles. The van der Waals surface area contributed by atoms with Crippen molar-refractivity contribution in [3.8, 4) is 17.0 Å². The Hall–Kier alpha value is -2.61. The number of aromatic nitrogens is 4. The number of rotatable bonds is 5. The minimum Gasteiger partial charge on any atom is -0.444 e. The van der Waals surface area contributed by atoms with Gasteiger partial charge in [-0.15, -0.1) is 10.2 Å². The summed E-state index contributed by atoms with van der Waals surface area (Å²) in [4.78, 5) is 3.77. The van der Waals surface area contributed by atoms with Crippen molar-refractivity contribution in [1.82, 2.24) is 19.6 Å². The second-order valence-electron chi connectivity index (χ2n) is 4.46. The SMILES string of the molecule is COCc1nnc2ccc(-c3cnc(OCF)c(F)c3)cn12. The molecule has 0 aromatic carbocycles. The van der Waals surface area contributed by atoms with Crippen molar-refractivity contribution in [1.29, 1.82) is 0 Å². The van der Waals surface area contributed by atoms with Crippen molar-refractivity contribution >= 4 is 5.65 Å². The predicted octanol–water partition coefficient (Wildman–Crippen LogP) is 2.38. The number of hydrogen-bond donors (Lipinski definition) is 0. The Bertz CT molecular complexity index is 807. The smallest absolute Gasteiger partial charge is 0.252 e. The Morgan fingerprint density at radius 3 is 2.82 bits per heavy atom. The fourth-order valence-corrected chi connectivity index (χ4v) is 2.08. The topological polar surface area (TPSA) is 61.5 Å². The maximum atomic E-state index is 13.8. The molecule has 0 saturated heterocycles. The summed E-state index contributed by atoms with van der Waals surface area (Å²) in [6.45, 7) is -0.823. The molecule has 8 heteroatoms. The molecule has 114 valence electrons. The van der Waals surface area contributed by atoms with Gasteiger partial charge in [0.2, 0.25) is 6.86 Å². The van der Waals surface area contributed by atoms with Crippen molar-refractivity contribution < 1.29 is 18.3 Å². The number of hydrogen-bond acceptors (Lipinski definition) is 5. The van der Waals surface area contributed by atoms with Gasteiger partial charge in [0.05, 0.1) is 0 Å². The van der Waals surface area contributed by atoms with E-state index in [1.54, 1.807) is 29.8 Å². The van der Waals surface area contributed by atoms with Crippen LogP contribution in [0.15, 0.2) is 30.6 Å². The molecule has 0 saturated carbocycles. The van der Waals surface area contributed by atoms with Gasteiger partial charge in [-0.1, -0.05) is 0 Å². The number of nitrogens with zero attached hydrogens (tertiary/aromatic N) is 4. The number of halogens is 2. The number of fused-ring (bicyclic) bond motifs is 1. The first-order valence-corrected chi connectivity index (χ1v) is 6.40. The summed E-state index contributed by atoms with van der Waals surface area (Å²) in [6, 6.07) is 4.76. The molecular formula is C14H12F2N4O2. The molecule has 0 atom stereocenters. The molecule has 0 unspecified atom stereocenters. The summed E-state index contributed by atoms with van der Waals surface area (Å²) < 4.78 is 37.1. The molecule has 0 aliphatic heterocycles. The molecular weight excluding hydrogens is 294 g/mol. The highest BCUT2D eigenvalue weighted by Gasteiger charge is 2.10. The Kier molecular flexibility index (Phi) is 3.92. The first-order chi connectivity index (χ1) is 10.7. The third-order valence-corrected chi connectivity index (χ3v) is 3.08. The van der Waals surface area contributed by atoms with E-state index in [4.69, 9.17) is 4.74 Å². The van der Waals surface area contributed by atoms with E-state index in [-0.39, 0.29) is 5.88 Å². The van der Waals surface area contributed by atoms with E-state index in [1.807, 2.05) is 0 Å².